The molecule has 2 aromatic rings. The highest BCUT2D eigenvalue weighted by Gasteiger charge is 2.31. The molecule has 0 saturated carbocycles. The molecular weight excluding hydrogens is 284 g/mol. The lowest BCUT2D eigenvalue weighted by Gasteiger charge is -2.10. The van der Waals surface area contributed by atoms with E-state index in [0.717, 1.165) is 0 Å². The van der Waals surface area contributed by atoms with E-state index in [-0.39, 0.29) is 5.82 Å². The maximum absolute atomic E-state index is 13.4. The molecule has 6 nitrogen and oxygen atoms in total. The van der Waals surface area contributed by atoms with Crippen molar-refractivity contribution in [2.75, 3.05) is 11.1 Å². The summed E-state index contributed by atoms with van der Waals surface area (Å²) in [5.41, 5.74) is 3.00. The molecule has 1 aromatic heterocycles. The van der Waals surface area contributed by atoms with Crippen LogP contribution in [-0.2, 0) is 6.18 Å². The van der Waals surface area contributed by atoms with Crippen LogP contribution >= 0.6 is 0 Å². The Morgan fingerprint density at radius 3 is 2.55 bits per heavy atom. The van der Waals surface area contributed by atoms with Crippen LogP contribution in [0.4, 0.5) is 29.1 Å². The Labute approximate surface area is 108 Å². The first-order valence-electron chi connectivity index (χ1n) is 5.05. The van der Waals surface area contributed by atoms with Gasteiger partial charge in [-0.25, -0.2) is 9.02 Å². The molecule has 20 heavy (non-hydrogen) atoms. The molecule has 0 saturated heterocycles. The Balaban J connectivity index is 2.30. The number of hydrogen-bond acceptors (Lipinski definition) is 5. The van der Waals surface area contributed by atoms with Crippen molar-refractivity contribution in [3.63, 3.8) is 0 Å². The zero-order valence-corrected chi connectivity index (χ0v) is 9.53. The van der Waals surface area contributed by atoms with Gasteiger partial charge < -0.3 is 11.1 Å². The molecule has 0 aliphatic heterocycles. The summed E-state index contributed by atoms with van der Waals surface area (Å²) in [6.45, 7) is 0. The summed E-state index contributed by atoms with van der Waals surface area (Å²) in [5, 5.41) is 8.17. The van der Waals surface area contributed by atoms with E-state index in [4.69, 9.17) is 5.73 Å². The predicted molar refractivity (Wildman–Crippen MR) is 58.1 cm³/mol. The lowest BCUT2D eigenvalue weighted by Crippen LogP contribution is -2.16. The predicted octanol–water partition coefficient (Wildman–Crippen LogP) is 2.06. The quantitative estimate of drug-likeness (QED) is 0.826. The van der Waals surface area contributed by atoms with Crippen LogP contribution in [-0.4, -0.2) is 16.2 Å². The van der Waals surface area contributed by atoms with Crippen LogP contribution < -0.4 is 11.1 Å². The van der Waals surface area contributed by atoms with Gasteiger partial charge >= 0.3 is 6.18 Å². The van der Waals surface area contributed by atoms with Gasteiger partial charge in [0.1, 0.15) is 5.82 Å². The Morgan fingerprint density at radius 2 is 2.00 bits per heavy atom. The highest BCUT2D eigenvalue weighted by molar-refractivity contribution is 6.05. The van der Waals surface area contributed by atoms with Gasteiger partial charge in [0, 0.05) is 0 Å². The third-order valence-electron chi connectivity index (χ3n) is 2.27. The minimum atomic E-state index is -4.67. The third-order valence-corrected chi connectivity index (χ3v) is 2.27. The Bertz CT molecular complexity index is 653. The molecule has 0 aliphatic carbocycles. The van der Waals surface area contributed by atoms with Crippen LogP contribution in [0.5, 0.6) is 0 Å². The topological polar surface area (TPSA) is 94.0 Å². The van der Waals surface area contributed by atoms with Gasteiger partial charge in [0.2, 0.25) is 11.5 Å². The fourth-order valence-corrected chi connectivity index (χ4v) is 1.33. The minimum Gasteiger partial charge on any atom is -0.379 e. The molecule has 106 valence electrons. The lowest BCUT2D eigenvalue weighted by molar-refractivity contribution is -0.137. The van der Waals surface area contributed by atoms with E-state index in [0.29, 0.717) is 18.2 Å². The molecule has 0 fully saturated rings. The number of anilines is 2. The van der Waals surface area contributed by atoms with Crippen molar-refractivity contribution < 1.29 is 27.0 Å². The van der Waals surface area contributed by atoms with E-state index in [1.54, 1.807) is 0 Å². The number of amides is 1. The Kier molecular flexibility index (Phi) is 3.30. The van der Waals surface area contributed by atoms with Crippen LogP contribution in [0.25, 0.3) is 0 Å². The Morgan fingerprint density at radius 1 is 1.30 bits per heavy atom. The van der Waals surface area contributed by atoms with Crippen LogP contribution in [0.1, 0.15) is 16.1 Å². The van der Waals surface area contributed by atoms with Crippen molar-refractivity contribution in [2.24, 2.45) is 0 Å². The normalized spacial score (nSPS) is 11.4. The summed E-state index contributed by atoms with van der Waals surface area (Å²) in [5.74, 6) is -2.45. The second kappa shape index (κ2) is 4.79. The van der Waals surface area contributed by atoms with E-state index >= 15 is 0 Å². The van der Waals surface area contributed by atoms with E-state index in [2.05, 4.69) is 14.9 Å². The largest absolute Gasteiger partial charge is 0.416 e. The molecule has 0 radical (unpaired) electrons. The average molecular weight is 290 g/mol. The number of nitrogen functional groups attached to an aromatic ring is 1. The van der Waals surface area contributed by atoms with Crippen molar-refractivity contribution in [1.82, 2.24) is 10.3 Å². The van der Waals surface area contributed by atoms with Gasteiger partial charge in [-0.05, 0) is 28.5 Å². The number of nitrogens with zero attached hydrogens (tertiary/aromatic N) is 2. The summed E-state index contributed by atoms with van der Waals surface area (Å²) in [6, 6.07) is 1.59. The fraction of sp³-hybridized carbons (Fsp3) is 0.100. The van der Waals surface area contributed by atoms with Crippen molar-refractivity contribution in [1.29, 1.82) is 0 Å². The smallest absolute Gasteiger partial charge is 0.379 e. The molecular formula is C10H6F4N4O2. The van der Waals surface area contributed by atoms with Crippen molar-refractivity contribution in [3.05, 3.63) is 35.3 Å². The summed E-state index contributed by atoms with van der Waals surface area (Å²) < 4.78 is 55.0. The molecule has 3 N–H and O–H groups in total. The SMILES string of the molecule is Nc1nonc1C(=O)Nc1cc(C(F)(F)F)ccc1F. The second-order valence-electron chi connectivity index (χ2n) is 3.64. The van der Waals surface area contributed by atoms with Gasteiger partial charge in [-0.2, -0.15) is 13.2 Å². The first kappa shape index (κ1) is 13.8. The number of rotatable bonds is 2. The average Bonchev–Trinajstić information content (AvgIpc) is 2.77. The molecule has 1 aromatic carbocycles. The molecule has 0 bridgehead atoms. The van der Waals surface area contributed by atoms with E-state index < -0.39 is 34.8 Å². The monoisotopic (exact) mass is 290 g/mol. The zero-order chi connectivity index (χ0) is 14.9. The maximum Gasteiger partial charge on any atom is 0.416 e. The fourth-order valence-electron chi connectivity index (χ4n) is 1.33. The number of benzene rings is 1. The number of halogens is 4. The highest BCUT2D eigenvalue weighted by atomic mass is 19.4. The van der Waals surface area contributed by atoms with E-state index in [1.807, 2.05) is 5.32 Å². The van der Waals surface area contributed by atoms with Gasteiger partial charge in [-0.1, -0.05) is 0 Å². The number of hydrogen-bond donors (Lipinski definition) is 2. The molecule has 1 amide bonds. The number of aromatic nitrogens is 2. The first-order valence-corrected chi connectivity index (χ1v) is 5.05. The van der Waals surface area contributed by atoms with Gasteiger partial charge in [-0.15, -0.1) is 0 Å². The molecule has 0 atom stereocenters. The summed E-state index contributed by atoms with van der Waals surface area (Å²) >= 11 is 0. The summed E-state index contributed by atoms with van der Waals surface area (Å²) in [6.07, 6.45) is -4.67. The minimum absolute atomic E-state index is 0.366. The third kappa shape index (κ3) is 2.68. The number of nitrogens with two attached hydrogens (primary N) is 1. The summed E-state index contributed by atoms with van der Waals surface area (Å²) in [4.78, 5) is 11.6. The number of carbonyl (C=O) groups is 1. The van der Waals surface area contributed by atoms with E-state index in [1.165, 1.54) is 0 Å². The lowest BCUT2D eigenvalue weighted by atomic mass is 10.2. The number of alkyl halides is 3. The first-order chi connectivity index (χ1) is 9.29. The highest BCUT2D eigenvalue weighted by Crippen LogP contribution is 2.31. The van der Waals surface area contributed by atoms with E-state index in [9.17, 15) is 22.4 Å². The van der Waals surface area contributed by atoms with Gasteiger partial charge in [0.05, 0.1) is 11.3 Å². The maximum atomic E-state index is 13.4. The standard InChI is InChI=1S/C10H6F4N4O2/c11-5-2-1-4(10(12,13)14)3-6(5)16-9(19)7-8(15)18-20-17-7/h1-3H,(H2,15,18)(H,16,19). The Hall–Kier alpha value is -2.65. The van der Waals surface area contributed by atoms with Crippen molar-refractivity contribution in [3.8, 4) is 0 Å². The molecule has 0 unspecified atom stereocenters. The molecule has 0 spiro atoms. The van der Waals surface area contributed by atoms with Crippen LogP contribution in [0.15, 0.2) is 22.8 Å². The van der Waals surface area contributed by atoms with Gasteiger partial charge in [0.25, 0.3) is 5.91 Å². The zero-order valence-electron chi connectivity index (χ0n) is 9.53. The van der Waals surface area contributed by atoms with Crippen LogP contribution in [0.3, 0.4) is 0 Å². The van der Waals surface area contributed by atoms with Crippen molar-refractivity contribution in [2.45, 2.75) is 6.18 Å². The van der Waals surface area contributed by atoms with Crippen LogP contribution in [0, 0.1) is 5.82 Å². The van der Waals surface area contributed by atoms with Crippen LogP contribution in [0.2, 0.25) is 0 Å². The van der Waals surface area contributed by atoms with Gasteiger partial charge in [-0.3, -0.25) is 4.79 Å². The molecule has 10 heteroatoms. The molecule has 2 rings (SSSR count). The number of carbonyl (C=O) groups excluding carboxylic acids is 1. The summed E-state index contributed by atoms with van der Waals surface area (Å²) in [7, 11) is 0. The second-order valence-corrected chi connectivity index (χ2v) is 3.64. The number of nitrogens with one attached hydrogen (secondary N) is 1. The van der Waals surface area contributed by atoms with Gasteiger partial charge in [0.15, 0.2) is 0 Å². The molecule has 0 aliphatic rings. The van der Waals surface area contributed by atoms with Crippen molar-refractivity contribution >= 4 is 17.4 Å². The molecule has 1 heterocycles.